The maximum absolute atomic E-state index is 5.62. The van der Waals surface area contributed by atoms with Gasteiger partial charge in [-0.2, -0.15) is 0 Å². The zero-order valence-corrected chi connectivity index (χ0v) is 6.75. The lowest BCUT2D eigenvalue weighted by Crippen LogP contribution is -2.04. The first kappa shape index (κ1) is 8.39. The molecule has 64 valence electrons. The molecule has 0 spiro atoms. The predicted octanol–water partition coefficient (Wildman–Crippen LogP) is 0.844. The molecule has 12 heavy (non-hydrogen) atoms. The summed E-state index contributed by atoms with van der Waals surface area (Å²) in [6.45, 7) is 4.21. The molecule has 0 aromatic carbocycles. The van der Waals surface area contributed by atoms with E-state index in [-0.39, 0.29) is 0 Å². The van der Waals surface area contributed by atoms with Gasteiger partial charge in [-0.1, -0.05) is 6.08 Å². The zero-order valence-electron chi connectivity index (χ0n) is 6.75. The molecule has 0 saturated carbocycles. The maximum Gasteiger partial charge on any atom is 0.149 e. The van der Waals surface area contributed by atoms with Gasteiger partial charge in [-0.3, -0.25) is 0 Å². The van der Waals surface area contributed by atoms with E-state index < -0.39 is 0 Å². The number of nitrogens with two attached hydrogens (primary N) is 2. The molecule has 0 aliphatic heterocycles. The van der Waals surface area contributed by atoms with Crippen molar-refractivity contribution in [3.05, 3.63) is 24.9 Å². The van der Waals surface area contributed by atoms with E-state index in [1.165, 1.54) is 0 Å². The summed E-state index contributed by atoms with van der Waals surface area (Å²) in [5.41, 5.74) is 12.2. The number of aromatic nitrogens is 1. The van der Waals surface area contributed by atoms with Gasteiger partial charge < -0.3 is 16.8 Å². The summed E-state index contributed by atoms with van der Waals surface area (Å²) in [6.07, 6.45) is 3.29. The van der Waals surface area contributed by atoms with Crippen molar-refractivity contribution in [2.24, 2.45) is 0 Å². The lowest BCUT2D eigenvalue weighted by molar-refractivity contribution is 1.24. The molecule has 0 saturated heterocycles. The summed E-state index contributed by atoms with van der Waals surface area (Å²) in [5, 5.41) is 2.98. The first-order valence-corrected chi connectivity index (χ1v) is 3.60. The SMILES string of the molecule is C=CCNc1ncc(N)cc1N. The molecule has 4 heteroatoms. The van der Waals surface area contributed by atoms with Crippen molar-refractivity contribution in [2.75, 3.05) is 23.3 Å². The van der Waals surface area contributed by atoms with E-state index in [0.717, 1.165) is 0 Å². The summed E-state index contributed by atoms with van der Waals surface area (Å²) in [4.78, 5) is 4.01. The lowest BCUT2D eigenvalue weighted by Gasteiger charge is -2.05. The van der Waals surface area contributed by atoms with Crippen LogP contribution < -0.4 is 16.8 Å². The maximum atomic E-state index is 5.62. The van der Waals surface area contributed by atoms with Crippen LogP contribution in [0.25, 0.3) is 0 Å². The van der Waals surface area contributed by atoms with Crippen LogP contribution in [-0.2, 0) is 0 Å². The Balaban J connectivity index is 2.78. The molecule has 0 bridgehead atoms. The minimum atomic E-state index is 0.553. The minimum Gasteiger partial charge on any atom is -0.397 e. The number of anilines is 3. The monoisotopic (exact) mass is 164 g/mol. The van der Waals surface area contributed by atoms with Gasteiger partial charge in [-0.25, -0.2) is 4.98 Å². The number of hydrogen-bond donors (Lipinski definition) is 3. The highest BCUT2D eigenvalue weighted by molar-refractivity contribution is 5.65. The fraction of sp³-hybridized carbons (Fsp3) is 0.125. The number of pyridine rings is 1. The van der Waals surface area contributed by atoms with Crippen LogP contribution in [0.15, 0.2) is 24.9 Å². The lowest BCUT2D eigenvalue weighted by atomic mass is 10.3. The summed E-state index contributed by atoms with van der Waals surface area (Å²) < 4.78 is 0. The van der Waals surface area contributed by atoms with Crippen molar-refractivity contribution in [3.8, 4) is 0 Å². The van der Waals surface area contributed by atoms with E-state index in [4.69, 9.17) is 11.5 Å². The highest BCUT2D eigenvalue weighted by atomic mass is 15.0. The second-order valence-corrected chi connectivity index (χ2v) is 2.38. The summed E-state index contributed by atoms with van der Waals surface area (Å²) in [5.74, 6) is 0.643. The van der Waals surface area contributed by atoms with E-state index in [0.29, 0.717) is 23.7 Å². The summed E-state index contributed by atoms with van der Waals surface area (Å²) >= 11 is 0. The number of rotatable bonds is 3. The summed E-state index contributed by atoms with van der Waals surface area (Å²) in [7, 11) is 0. The Morgan fingerprint density at radius 3 is 2.92 bits per heavy atom. The van der Waals surface area contributed by atoms with Gasteiger partial charge in [0.2, 0.25) is 0 Å². The molecule has 0 unspecified atom stereocenters. The van der Waals surface area contributed by atoms with Crippen LogP contribution in [0.5, 0.6) is 0 Å². The van der Waals surface area contributed by atoms with Gasteiger partial charge >= 0.3 is 0 Å². The van der Waals surface area contributed by atoms with Crippen molar-refractivity contribution in [1.82, 2.24) is 4.98 Å². The Kier molecular flexibility index (Phi) is 2.53. The van der Waals surface area contributed by atoms with Gasteiger partial charge in [0.05, 0.1) is 17.6 Å². The highest BCUT2D eigenvalue weighted by Gasteiger charge is 1.97. The van der Waals surface area contributed by atoms with Gasteiger partial charge in [0.25, 0.3) is 0 Å². The van der Waals surface area contributed by atoms with Crippen molar-refractivity contribution >= 4 is 17.2 Å². The highest BCUT2D eigenvalue weighted by Crippen LogP contribution is 2.16. The average molecular weight is 164 g/mol. The van der Waals surface area contributed by atoms with Crippen LogP contribution in [0.4, 0.5) is 17.2 Å². The fourth-order valence-electron chi connectivity index (χ4n) is 0.815. The van der Waals surface area contributed by atoms with Gasteiger partial charge in [-0.05, 0) is 6.07 Å². The Labute approximate surface area is 71.3 Å². The molecule has 1 rings (SSSR count). The van der Waals surface area contributed by atoms with E-state index in [9.17, 15) is 0 Å². The third-order valence-electron chi connectivity index (χ3n) is 1.35. The van der Waals surface area contributed by atoms with E-state index in [2.05, 4.69) is 16.9 Å². The molecule has 0 aliphatic carbocycles. The van der Waals surface area contributed by atoms with Gasteiger partial charge in [0.1, 0.15) is 5.82 Å². The van der Waals surface area contributed by atoms with Gasteiger partial charge in [-0.15, -0.1) is 6.58 Å². The molecule has 4 nitrogen and oxygen atoms in total. The second kappa shape index (κ2) is 3.61. The van der Waals surface area contributed by atoms with Crippen LogP contribution in [-0.4, -0.2) is 11.5 Å². The number of nitrogens with one attached hydrogen (secondary N) is 1. The van der Waals surface area contributed by atoms with Gasteiger partial charge in [0.15, 0.2) is 0 Å². The molecule has 1 aromatic heterocycles. The van der Waals surface area contributed by atoms with Crippen LogP contribution in [0.2, 0.25) is 0 Å². The fourth-order valence-corrected chi connectivity index (χ4v) is 0.815. The molecule has 0 aliphatic rings. The van der Waals surface area contributed by atoms with Crippen LogP contribution in [0, 0.1) is 0 Å². The number of nitrogens with zero attached hydrogens (tertiary/aromatic N) is 1. The standard InChI is InChI=1S/C8H12N4/c1-2-3-11-8-7(10)4-6(9)5-12-8/h2,4-5H,1,3,9-10H2,(H,11,12). The van der Waals surface area contributed by atoms with Crippen molar-refractivity contribution < 1.29 is 0 Å². The zero-order chi connectivity index (χ0) is 8.97. The molecular formula is C8H12N4. The first-order chi connectivity index (χ1) is 5.74. The minimum absolute atomic E-state index is 0.553. The molecule has 0 radical (unpaired) electrons. The quantitative estimate of drug-likeness (QED) is 0.579. The third kappa shape index (κ3) is 1.88. The summed E-state index contributed by atoms with van der Waals surface area (Å²) in [6, 6.07) is 1.67. The Morgan fingerprint density at radius 1 is 1.58 bits per heavy atom. The molecule has 5 N–H and O–H groups in total. The molecular weight excluding hydrogens is 152 g/mol. The largest absolute Gasteiger partial charge is 0.397 e. The predicted molar refractivity (Wildman–Crippen MR) is 51.7 cm³/mol. The van der Waals surface area contributed by atoms with E-state index in [1.807, 2.05) is 0 Å². The molecule has 1 aromatic rings. The number of hydrogen-bond acceptors (Lipinski definition) is 4. The molecule has 0 atom stereocenters. The van der Waals surface area contributed by atoms with Crippen molar-refractivity contribution in [1.29, 1.82) is 0 Å². The van der Waals surface area contributed by atoms with Crippen molar-refractivity contribution in [2.45, 2.75) is 0 Å². The molecule has 0 fully saturated rings. The van der Waals surface area contributed by atoms with E-state index in [1.54, 1.807) is 18.3 Å². The van der Waals surface area contributed by atoms with Gasteiger partial charge in [0, 0.05) is 6.54 Å². The Morgan fingerprint density at radius 2 is 2.33 bits per heavy atom. The average Bonchev–Trinajstić information content (AvgIpc) is 2.03. The normalized spacial score (nSPS) is 9.33. The topological polar surface area (TPSA) is 77.0 Å². The Bertz CT molecular complexity index is 282. The second-order valence-electron chi connectivity index (χ2n) is 2.38. The first-order valence-electron chi connectivity index (χ1n) is 3.60. The third-order valence-corrected chi connectivity index (χ3v) is 1.35. The molecule has 1 heterocycles. The molecule has 0 amide bonds. The van der Waals surface area contributed by atoms with E-state index >= 15 is 0 Å². The number of nitrogen functional groups attached to an aromatic ring is 2. The van der Waals surface area contributed by atoms with Crippen LogP contribution in [0.1, 0.15) is 0 Å². The Hall–Kier alpha value is -1.71. The van der Waals surface area contributed by atoms with Crippen LogP contribution >= 0.6 is 0 Å². The smallest absolute Gasteiger partial charge is 0.149 e. The van der Waals surface area contributed by atoms with Crippen LogP contribution in [0.3, 0.4) is 0 Å². The van der Waals surface area contributed by atoms with Crippen molar-refractivity contribution in [3.63, 3.8) is 0 Å².